The number of benzene rings is 1. The highest BCUT2D eigenvalue weighted by Crippen LogP contribution is 2.27. The van der Waals surface area contributed by atoms with E-state index >= 15 is 0 Å². The second kappa shape index (κ2) is 8.49. The summed E-state index contributed by atoms with van der Waals surface area (Å²) in [6.07, 6.45) is 2.20. The Morgan fingerprint density at radius 2 is 1.71 bits per heavy atom. The van der Waals surface area contributed by atoms with Gasteiger partial charge in [0, 0.05) is 32.1 Å². The van der Waals surface area contributed by atoms with Gasteiger partial charge in [0.2, 0.25) is 5.91 Å². The quantitative estimate of drug-likeness (QED) is 0.873. The van der Waals surface area contributed by atoms with Gasteiger partial charge < -0.3 is 15.5 Å². The number of nitrogens with one attached hydrogen (secondary N) is 2. The normalized spacial score (nSPS) is 23.0. The van der Waals surface area contributed by atoms with Gasteiger partial charge in [-0.05, 0) is 55.5 Å². The molecule has 1 aromatic carbocycles. The van der Waals surface area contributed by atoms with Crippen molar-refractivity contribution in [2.75, 3.05) is 26.2 Å². The van der Waals surface area contributed by atoms with Crippen molar-refractivity contribution < 1.29 is 9.59 Å². The lowest BCUT2D eigenvalue weighted by molar-refractivity contribution is -0.119. The molecule has 0 aromatic heterocycles. The van der Waals surface area contributed by atoms with Crippen LogP contribution in [-0.2, 0) is 11.3 Å². The number of halogens is 1. The van der Waals surface area contributed by atoms with Crippen LogP contribution in [-0.4, -0.2) is 42.9 Å². The monoisotopic (exact) mass is 351 g/mol. The standard InChI is InChI=1S/C18H25N3O2.ClH/c1-13(22)20-10-14-2-4-15(5-3-14)18(23)21-8-6-16-11-19-12-17(16)7-9-21;/h2-5,16-17,19H,6-12H2,1H3,(H,20,22);1H/t16-,17+;. The predicted molar refractivity (Wildman–Crippen MR) is 96.2 cm³/mol. The van der Waals surface area contributed by atoms with Gasteiger partial charge in [0.15, 0.2) is 0 Å². The van der Waals surface area contributed by atoms with Crippen molar-refractivity contribution in [3.8, 4) is 0 Å². The molecular weight excluding hydrogens is 326 g/mol. The average Bonchev–Trinajstić information content (AvgIpc) is 2.91. The summed E-state index contributed by atoms with van der Waals surface area (Å²) in [5.74, 6) is 1.54. The fraction of sp³-hybridized carbons (Fsp3) is 0.556. The Kier molecular flexibility index (Phi) is 6.63. The van der Waals surface area contributed by atoms with E-state index in [4.69, 9.17) is 0 Å². The van der Waals surface area contributed by atoms with Gasteiger partial charge in [-0.25, -0.2) is 0 Å². The zero-order valence-electron chi connectivity index (χ0n) is 14.1. The number of nitrogens with zero attached hydrogens (tertiary/aromatic N) is 1. The van der Waals surface area contributed by atoms with Gasteiger partial charge >= 0.3 is 0 Å². The van der Waals surface area contributed by atoms with E-state index in [1.807, 2.05) is 29.2 Å². The summed E-state index contributed by atoms with van der Waals surface area (Å²) in [6, 6.07) is 7.57. The highest BCUT2D eigenvalue weighted by Gasteiger charge is 2.31. The van der Waals surface area contributed by atoms with Crippen molar-refractivity contribution in [2.45, 2.75) is 26.3 Å². The molecule has 1 aromatic rings. The molecule has 2 atom stereocenters. The zero-order valence-corrected chi connectivity index (χ0v) is 14.9. The number of hydrogen-bond donors (Lipinski definition) is 2. The number of rotatable bonds is 3. The average molecular weight is 352 g/mol. The summed E-state index contributed by atoms with van der Waals surface area (Å²) in [5.41, 5.74) is 1.75. The van der Waals surface area contributed by atoms with Crippen LogP contribution in [0.25, 0.3) is 0 Å². The maximum atomic E-state index is 12.7. The fourth-order valence-electron chi connectivity index (χ4n) is 3.60. The van der Waals surface area contributed by atoms with E-state index in [0.29, 0.717) is 6.54 Å². The highest BCUT2D eigenvalue weighted by atomic mass is 35.5. The van der Waals surface area contributed by atoms with Crippen LogP contribution in [0.5, 0.6) is 0 Å². The summed E-state index contributed by atoms with van der Waals surface area (Å²) in [5, 5.41) is 6.23. The molecular formula is C18H26ClN3O2. The molecule has 0 spiro atoms. The van der Waals surface area contributed by atoms with E-state index in [0.717, 1.165) is 62.0 Å². The Morgan fingerprint density at radius 3 is 2.25 bits per heavy atom. The van der Waals surface area contributed by atoms with Gasteiger partial charge in [-0.2, -0.15) is 0 Å². The van der Waals surface area contributed by atoms with Gasteiger partial charge in [0.05, 0.1) is 0 Å². The number of amides is 2. The second-order valence-electron chi connectivity index (χ2n) is 6.65. The van der Waals surface area contributed by atoms with Crippen LogP contribution in [0, 0.1) is 11.8 Å². The van der Waals surface area contributed by atoms with Crippen molar-refractivity contribution in [3.05, 3.63) is 35.4 Å². The van der Waals surface area contributed by atoms with Gasteiger partial charge in [0.1, 0.15) is 0 Å². The number of fused-ring (bicyclic) bond motifs is 1. The van der Waals surface area contributed by atoms with E-state index in [2.05, 4.69) is 10.6 Å². The van der Waals surface area contributed by atoms with Crippen LogP contribution >= 0.6 is 12.4 Å². The molecule has 0 saturated carbocycles. The molecule has 0 radical (unpaired) electrons. The Bertz CT molecular complexity index is 562. The molecule has 132 valence electrons. The third kappa shape index (κ3) is 4.48. The van der Waals surface area contributed by atoms with E-state index in [1.54, 1.807) is 0 Å². The largest absolute Gasteiger partial charge is 0.352 e. The van der Waals surface area contributed by atoms with Crippen LogP contribution in [0.3, 0.4) is 0 Å². The van der Waals surface area contributed by atoms with Crippen LogP contribution in [0.15, 0.2) is 24.3 Å². The second-order valence-corrected chi connectivity index (χ2v) is 6.65. The molecule has 2 fully saturated rings. The first-order chi connectivity index (χ1) is 11.1. The fourth-order valence-corrected chi connectivity index (χ4v) is 3.60. The molecule has 0 unspecified atom stereocenters. The molecule has 24 heavy (non-hydrogen) atoms. The Balaban J connectivity index is 0.00000208. The number of hydrogen-bond acceptors (Lipinski definition) is 3. The molecule has 2 heterocycles. The van der Waals surface area contributed by atoms with E-state index < -0.39 is 0 Å². The molecule has 2 aliphatic rings. The SMILES string of the molecule is CC(=O)NCc1ccc(C(=O)N2CC[C@@H]3CNC[C@@H]3CC2)cc1.Cl. The molecule has 0 aliphatic carbocycles. The summed E-state index contributed by atoms with van der Waals surface area (Å²) in [7, 11) is 0. The molecule has 0 bridgehead atoms. The van der Waals surface area contributed by atoms with E-state index in [1.165, 1.54) is 6.92 Å². The van der Waals surface area contributed by atoms with Crippen molar-refractivity contribution in [1.82, 2.24) is 15.5 Å². The van der Waals surface area contributed by atoms with Crippen LogP contribution in [0.4, 0.5) is 0 Å². The number of carbonyl (C=O) groups excluding carboxylic acids is 2. The van der Waals surface area contributed by atoms with Gasteiger partial charge in [-0.3, -0.25) is 9.59 Å². The lowest BCUT2D eigenvalue weighted by Crippen LogP contribution is -2.32. The van der Waals surface area contributed by atoms with Crippen LogP contribution in [0.2, 0.25) is 0 Å². The predicted octanol–water partition coefficient (Wildman–Crippen LogP) is 1.82. The Hall–Kier alpha value is -1.59. The Labute approximate surface area is 149 Å². The summed E-state index contributed by atoms with van der Waals surface area (Å²) < 4.78 is 0. The molecule has 6 heteroatoms. The summed E-state index contributed by atoms with van der Waals surface area (Å²) >= 11 is 0. The molecule has 3 rings (SSSR count). The minimum Gasteiger partial charge on any atom is -0.352 e. The van der Waals surface area contributed by atoms with Crippen LogP contribution < -0.4 is 10.6 Å². The third-order valence-electron chi connectivity index (χ3n) is 5.05. The van der Waals surface area contributed by atoms with Crippen molar-refractivity contribution in [2.24, 2.45) is 11.8 Å². The molecule has 2 N–H and O–H groups in total. The minimum absolute atomic E-state index is 0. The molecule has 5 nitrogen and oxygen atoms in total. The van der Waals surface area contributed by atoms with Gasteiger partial charge in [-0.1, -0.05) is 12.1 Å². The zero-order chi connectivity index (χ0) is 16.2. The van der Waals surface area contributed by atoms with Gasteiger partial charge in [-0.15, -0.1) is 12.4 Å². The number of likely N-dealkylation sites (tertiary alicyclic amines) is 1. The first-order valence-corrected chi connectivity index (χ1v) is 8.47. The number of carbonyl (C=O) groups is 2. The van der Waals surface area contributed by atoms with Crippen molar-refractivity contribution in [3.63, 3.8) is 0 Å². The molecule has 2 aliphatic heterocycles. The van der Waals surface area contributed by atoms with E-state index in [-0.39, 0.29) is 24.2 Å². The first-order valence-electron chi connectivity index (χ1n) is 8.47. The van der Waals surface area contributed by atoms with Gasteiger partial charge in [0.25, 0.3) is 5.91 Å². The van der Waals surface area contributed by atoms with Crippen LogP contribution in [0.1, 0.15) is 35.7 Å². The minimum atomic E-state index is -0.0465. The molecule has 2 amide bonds. The summed E-state index contributed by atoms with van der Waals surface area (Å²) in [6.45, 7) is 5.92. The lowest BCUT2D eigenvalue weighted by Gasteiger charge is -2.21. The Morgan fingerprint density at radius 1 is 1.12 bits per heavy atom. The maximum absolute atomic E-state index is 12.7. The first kappa shape index (κ1) is 18.7. The third-order valence-corrected chi connectivity index (χ3v) is 5.05. The maximum Gasteiger partial charge on any atom is 0.253 e. The smallest absolute Gasteiger partial charge is 0.253 e. The topological polar surface area (TPSA) is 61.4 Å². The summed E-state index contributed by atoms with van der Waals surface area (Å²) in [4.78, 5) is 25.6. The van der Waals surface area contributed by atoms with E-state index in [9.17, 15) is 9.59 Å². The van der Waals surface area contributed by atoms with Crippen molar-refractivity contribution >= 4 is 24.2 Å². The highest BCUT2D eigenvalue weighted by molar-refractivity contribution is 5.94. The molecule has 2 saturated heterocycles. The lowest BCUT2D eigenvalue weighted by atomic mass is 9.92. The van der Waals surface area contributed by atoms with Crippen molar-refractivity contribution in [1.29, 1.82) is 0 Å².